The molecule has 1 unspecified atom stereocenters. The van der Waals surface area contributed by atoms with Gasteiger partial charge in [-0.2, -0.15) is 0 Å². The van der Waals surface area contributed by atoms with Gasteiger partial charge in [0.2, 0.25) is 0 Å². The Labute approximate surface area is 182 Å². The van der Waals surface area contributed by atoms with Gasteiger partial charge >= 0.3 is 0 Å². The van der Waals surface area contributed by atoms with Crippen molar-refractivity contribution in [3.63, 3.8) is 0 Å². The van der Waals surface area contributed by atoms with E-state index in [1.165, 1.54) is 7.11 Å². The Morgan fingerprint density at radius 2 is 1.68 bits per heavy atom. The number of anilines is 1. The van der Waals surface area contributed by atoms with E-state index in [2.05, 4.69) is 0 Å². The van der Waals surface area contributed by atoms with Crippen molar-refractivity contribution in [1.29, 1.82) is 0 Å². The van der Waals surface area contributed by atoms with Gasteiger partial charge < -0.3 is 14.4 Å². The minimum atomic E-state index is -3.53. The van der Waals surface area contributed by atoms with Crippen LogP contribution in [-0.2, 0) is 9.84 Å². The van der Waals surface area contributed by atoms with Crippen molar-refractivity contribution >= 4 is 27.3 Å². The summed E-state index contributed by atoms with van der Waals surface area (Å²) in [6.45, 7) is 2.18. The molecule has 31 heavy (non-hydrogen) atoms. The fourth-order valence-electron chi connectivity index (χ4n) is 3.58. The minimum Gasteiger partial charge on any atom is -0.493 e. The Balaban J connectivity index is 2.11. The first-order valence-corrected chi connectivity index (χ1v) is 11.8. The Morgan fingerprint density at radius 1 is 1.00 bits per heavy atom. The van der Waals surface area contributed by atoms with Crippen molar-refractivity contribution in [2.45, 2.75) is 13.0 Å². The van der Waals surface area contributed by atoms with Gasteiger partial charge in [-0.3, -0.25) is 14.5 Å². The van der Waals surface area contributed by atoms with Crippen LogP contribution in [0.3, 0.4) is 0 Å². The second-order valence-corrected chi connectivity index (χ2v) is 9.74. The van der Waals surface area contributed by atoms with Crippen molar-refractivity contribution in [2.75, 3.05) is 44.7 Å². The van der Waals surface area contributed by atoms with Gasteiger partial charge in [-0.25, -0.2) is 8.42 Å². The van der Waals surface area contributed by atoms with E-state index in [0.717, 1.165) is 16.8 Å². The molecule has 3 rings (SSSR count). The smallest absolute Gasteiger partial charge is 0.262 e. The fourth-order valence-corrected chi connectivity index (χ4v) is 4.50. The van der Waals surface area contributed by atoms with Gasteiger partial charge in [0.1, 0.15) is 9.84 Å². The highest BCUT2D eigenvalue weighted by atomic mass is 32.2. The number of methoxy groups -OCH3 is 1. The summed E-state index contributed by atoms with van der Waals surface area (Å²) < 4.78 is 35.3. The van der Waals surface area contributed by atoms with Crippen LogP contribution in [0.15, 0.2) is 36.4 Å². The van der Waals surface area contributed by atoms with Crippen LogP contribution in [0.5, 0.6) is 11.5 Å². The second kappa shape index (κ2) is 8.58. The zero-order chi connectivity index (χ0) is 22.9. The number of benzene rings is 2. The highest BCUT2D eigenvalue weighted by Crippen LogP contribution is 2.37. The van der Waals surface area contributed by atoms with Crippen LogP contribution in [0.25, 0.3) is 0 Å². The standard InChI is InChI=1S/C22H26N2O6S/c1-6-30-20-11-14(7-10-19(20)29-4)18(13-31(5,27)28)24-21(25)16-9-8-15(23(2)3)12-17(16)22(24)26/h7-12,18H,6,13H2,1-5H3. The maximum absolute atomic E-state index is 13.3. The predicted octanol–water partition coefficient (Wildman–Crippen LogP) is 2.54. The number of carbonyl (C=O) groups excluding carboxylic acids is 2. The van der Waals surface area contributed by atoms with E-state index in [1.807, 2.05) is 25.9 Å². The lowest BCUT2D eigenvalue weighted by Crippen LogP contribution is -2.37. The Kier molecular flexibility index (Phi) is 6.26. The van der Waals surface area contributed by atoms with E-state index in [-0.39, 0.29) is 11.1 Å². The largest absolute Gasteiger partial charge is 0.493 e. The number of sulfone groups is 1. The molecule has 2 aromatic rings. The Morgan fingerprint density at radius 3 is 2.26 bits per heavy atom. The number of hydrogen-bond donors (Lipinski definition) is 0. The van der Waals surface area contributed by atoms with Crippen molar-refractivity contribution in [3.8, 4) is 11.5 Å². The van der Waals surface area contributed by atoms with E-state index < -0.39 is 33.4 Å². The van der Waals surface area contributed by atoms with Crippen LogP contribution in [-0.4, -0.2) is 65.0 Å². The molecule has 0 saturated heterocycles. The maximum atomic E-state index is 13.3. The minimum absolute atomic E-state index is 0.257. The fraction of sp³-hybridized carbons (Fsp3) is 0.364. The van der Waals surface area contributed by atoms with E-state index >= 15 is 0 Å². The molecule has 0 N–H and O–H groups in total. The number of hydrogen-bond acceptors (Lipinski definition) is 7. The molecule has 0 fully saturated rings. The molecule has 0 saturated carbocycles. The molecule has 0 aromatic heterocycles. The number of rotatable bonds is 8. The van der Waals surface area contributed by atoms with Crippen molar-refractivity contribution < 1.29 is 27.5 Å². The van der Waals surface area contributed by atoms with Crippen LogP contribution in [0, 0.1) is 0 Å². The van der Waals surface area contributed by atoms with Crippen molar-refractivity contribution in [3.05, 3.63) is 53.1 Å². The van der Waals surface area contributed by atoms with Crippen LogP contribution >= 0.6 is 0 Å². The maximum Gasteiger partial charge on any atom is 0.262 e. The van der Waals surface area contributed by atoms with Crippen molar-refractivity contribution in [2.24, 2.45) is 0 Å². The average molecular weight is 447 g/mol. The number of amides is 2. The molecule has 2 amide bonds. The van der Waals surface area contributed by atoms with Crippen molar-refractivity contribution in [1.82, 2.24) is 4.90 Å². The summed E-state index contributed by atoms with van der Waals surface area (Å²) in [6, 6.07) is 8.89. The van der Waals surface area contributed by atoms with Crippen LogP contribution < -0.4 is 14.4 Å². The van der Waals surface area contributed by atoms with E-state index in [1.54, 1.807) is 36.4 Å². The monoisotopic (exact) mass is 446 g/mol. The summed E-state index contributed by atoms with van der Waals surface area (Å²) >= 11 is 0. The first-order valence-electron chi connectivity index (χ1n) is 9.75. The topological polar surface area (TPSA) is 93.2 Å². The zero-order valence-corrected chi connectivity index (χ0v) is 19.0. The number of nitrogens with zero attached hydrogens (tertiary/aromatic N) is 2. The highest BCUT2D eigenvalue weighted by molar-refractivity contribution is 7.90. The summed E-state index contributed by atoms with van der Waals surface area (Å²) in [5.41, 5.74) is 1.75. The number of carbonyl (C=O) groups is 2. The van der Waals surface area contributed by atoms with E-state index in [4.69, 9.17) is 9.47 Å². The molecule has 1 heterocycles. The summed E-state index contributed by atoms with van der Waals surface area (Å²) in [6.07, 6.45) is 1.08. The van der Waals surface area contributed by atoms with Gasteiger partial charge in [0.25, 0.3) is 11.8 Å². The lowest BCUT2D eigenvalue weighted by atomic mass is 10.1. The van der Waals surface area contributed by atoms with Gasteiger partial charge in [0.05, 0.1) is 36.6 Å². The normalized spacial score (nSPS) is 14.4. The Hall–Kier alpha value is -3.07. The lowest BCUT2D eigenvalue weighted by Gasteiger charge is -2.26. The first kappa shape index (κ1) is 22.6. The quantitative estimate of drug-likeness (QED) is 0.575. The molecule has 8 nitrogen and oxygen atoms in total. The Bertz CT molecular complexity index is 1130. The predicted molar refractivity (Wildman–Crippen MR) is 118 cm³/mol. The molecule has 1 atom stereocenters. The van der Waals surface area contributed by atoms with Gasteiger partial charge in [0.15, 0.2) is 11.5 Å². The molecule has 0 bridgehead atoms. The zero-order valence-electron chi connectivity index (χ0n) is 18.2. The number of fused-ring (bicyclic) bond motifs is 1. The number of ether oxygens (including phenoxy) is 2. The van der Waals surface area contributed by atoms with Gasteiger partial charge in [0, 0.05) is 26.0 Å². The third kappa shape index (κ3) is 4.51. The summed E-state index contributed by atoms with van der Waals surface area (Å²) in [5, 5.41) is 0. The highest BCUT2D eigenvalue weighted by Gasteiger charge is 2.42. The molecule has 0 spiro atoms. The summed E-state index contributed by atoms with van der Waals surface area (Å²) in [5.74, 6) is -0.565. The third-order valence-electron chi connectivity index (χ3n) is 5.06. The molecule has 2 aromatic carbocycles. The third-order valence-corrected chi connectivity index (χ3v) is 5.98. The van der Waals surface area contributed by atoms with Crippen LogP contribution in [0.4, 0.5) is 5.69 Å². The van der Waals surface area contributed by atoms with Crippen LogP contribution in [0.1, 0.15) is 39.2 Å². The van der Waals surface area contributed by atoms with Crippen LogP contribution in [0.2, 0.25) is 0 Å². The molecule has 9 heteroatoms. The molecule has 1 aliphatic heterocycles. The lowest BCUT2D eigenvalue weighted by molar-refractivity contribution is 0.0597. The summed E-state index contributed by atoms with van der Waals surface area (Å²) in [7, 11) is 1.63. The first-order chi connectivity index (χ1) is 14.6. The second-order valence-electron chi connectivity index (χ2n) is 7.56. The molecule has 1 aliphatic rings. The molecular formula is C22H26N2O6S. The summed E-state index contributed by atoms with van der Waals surface area (Å²) in [4.78, 5) is 29.3. The molecule has 166 valence electrons. The van der Waals surface area contributed by atoms with E-state index in [0.29, 0.717) is 23.7 Å². The molecular weight excluding hydrogens is 420 g/mol. The molecule has 0 radical (unpaired) electrons. The average Bonchev–Trinajstić information content (AvgIpc) is 2.95. The number of imide groups is 1. The molecule has 0 aliphatic carbocycles. The van der Waals surface area contributed by atoms with Gasteiger partial charge in [-0.05, 0) is 42.8 Å². The van der Waals surface area contributed by atoms with E-state index in [9.17, 15) is 18.0 Å². The SMILES string of the molecule is CCOc1cc(C(CS(C)(=O)=O)N2C(=O)c3ccc(N(C)C)cc3C2=O)ccc1OC. The van der Waals surface area contributed by atoms with Gasteiger partial charge in [-0.1, -0.05) is 6.07 Å². The van der Waals surface area contributed by atoms with Gasteiger partial charge in [-0.15, -0.1) is 0 Å².